The van der Waals surface area contributed by atoms with Crippen molar-refractivity contribution in [2.75, 3.05) is 6.54 Å². The molecule has 2 fully saturated rings. The van der Waals surface area contributed by atoms with Crippen LogP contribution in [0.2, 0.25) is 5.02 Å². The molecule has 2 aliphatic rings. The van der Waals surface area contributed by atoms with Gasteiger partial charge in [0.05, 0.1) is 5.02 Å². The van der Waals surface area contributed by atoms with Crippen molar-refractivity contribution < 1.29 is 4.79 Å². The van der Waals surface area contributed by atoms with Crippen LogP contribution in [0.15, 0.2) is 41.9 Å². The Morgan fingerprint density at radius 3 is 2.90 bits per heavy atom. The molecule has 0 radical (unpaired) electrons. The number of amides is 1. The maximum atomic E-state index is 13.6. The normalized spacial score (nSPS) is 23.1. The molecule has 5 rings (SSSR count). The third-order valence-electron chi connectivity index (χ3n) is 6.89. The van der Waals surface area contributed by atoms with Crippen molar-refractivity contribution >= 4 is 39.7 Å². The lowest BCUT2D eigenvalue weighted by molar-refractivity contribution is -0.137. The zero-order chi connectivity index (χ0) is 19.8. The summed E-state index contributed by atoms with van der Waals surface area (Å²) in [5, 5.41) is 3.90. The minimum absolute atomic E-state index is 0.0418. The summed E-state index contributed by atoms with van der Waals surface area (Å²) in [7, 11) is 0. The van der Waals surface area contributed by atoms with Gasteiger partial charge in [0.1, 0.15) is 0 Å². The van der Waals surface area contributed by atoms with Crippen LogP contribution in [0.5, 0.6) is 0 Å². The van der Waals surface area contributed by atoms with E-state index in [2.05, 4.69) is 33.5 Å². The largest absolute Gasteiger partial charge is 0.361 e. The molecule has 3 nitrogen and oxygen atoms in total. The summed E-state index contributed by atoms with van der Waals surface area (Å²) in [4.78, 5) is 20.4. The zero-order valence-electron chi connectivity index (χ0n) is 16.6. The van der Waals surface area contributed by atoms with Crippen LogP contribution in [-0.2, 0) is 4.79 Å². The lowest BCUT2D eigenvalue weighted by Crippen LogP contribution is -2.49. The minimum Gasteiger partial charge on any atom is -0.361 e. The number of aromatic amines is 1. The number of fused-ring (bicyclic) bond motifs is 2. The van der Waals surface area contributed by atoms with Crippen molar-refractivity contribution in [2.24, 2.45) is 5.92 Å². The van der Waals surface area contributed by atoms with E-state index in [1.165, 1.54) is 37.0 Å². The highest BCUT2D eigenvalue weighted by molar-refractivity contribution is 7.10. The van der Waals surface area contributed by atoms with Gasteiger partial charge in [-0.2, -0.15) is 0 Å². The molecule has 29 heavy (non-hydrogen) atoms. The summed E-state index contributed by atoms with van der Waals surface area (Å²) in [6, 6.07) is 10.6. The van der Waals surface area contributed by atoms with Crippen molar-refractivity contribution in [3.63, 3.8) is 0 Å². The van der Waals surface area contributed by atoms with E-state index in [-0.39, 0.29) is 5.92 Å². The highest BCUT2D eigenvalue weighted by Gasteiger charge is 2.36. The number of nitrogens with zero attached hydrogens (tertiary/aromatic N) is 1. The first-order valence-electron chi connectivity index (χ1n) is 10.8. The summed E-state index contributed by atoms with van der Waals surface area (Å²) in [5.41, 5.74) is 2.17. The van der Waals surface area contributed by atoms with Gasteiger partial charge in [-0.15, -0.1) is 11.3 Å². The number of rotatable bonds is 4. The number of benzene rings is 1. The average molecular weight is 427 g/mol. The van der Waals surface area contributed by atoms with Gasteiger partial charge in [0.15, 0.2) is 0 Å². The fourth-order valence-electron chi connectivity index (χ4n) is 5.52. The maximum absolute atomic E-state index is 13.6. The zero-order valence-corrected chi connectivity index (χ0v) is 18.1. The number of hydrogen-bond donors (Lipinski definition) is 1. The summed E-state index contributed by atoms with van der Waals surface area (Å²) >= 11 is 8.30. The summed E-state index contributed by atoms with van der Waals surface area (Å²) in [6.07, 6.45) is 10.1. The number of hydrogen-bond acceptors (Lipinski definition) is 2. The molecule has 1 amide bonds. The Kier molecular flexibility index (Phi) is 5.40. The van der Waals surface area contributed by atoms with Crippen molar-refractivity contribution in [1.82, 2.24) is 9.88 Å². The van der Waals surface area contributed by atoms with Crippen LogP contribution in [0.25, 0.3) is 10.9 Å². The maximum Gasteiger partial charge on any atom is 0.223 e. The molecule has 152 valence electrons. The summed E-state index contributed by atoms with van der Waals surface area (Å²) < 4.78 is 0. The van der Waals surface area contributed by atoms with Gasteiger partial charge in [0.2, 0.25) is 5.91 Å². The standard InChI is InChI=1S/C24H27ClN2OS/c25-19-8-3-9-20-24(19)18(15-26-20)17(22-11-5-13-29-22)14-23(28)27-12-4-7-16-6-1-2-10-21(16)27/h3,5,8-9,11,13,15-17,21,26H,1-2,4,6-7,10,12,14H2. The van der Waals surface area contributed by atoms with Crippen molar-refractivity contribution in [2.45, 2.75) is 56.9 Å². The fraction of sp³-hybridized carbons (Fsp3) is 0.458. The molecule has 3 unspecified atom stereocenters. The first kappa shape index (κ1) is 19.2. The first-order valence-corrected chi connectivity index (χ1v) is 12.1. The SMILES string of the molecule is O=C(CC(c1cccs1)c1c[nH]c2cccc(Cl)c12)N1CCCC2CCCCC21. The van der Waals surface area contributed by atoms with E-state index < -0.39 is 0 Å². The van der Waals surface area contributed by atoms with Crippen LogP contribution in [0, 0.1) is 5.92 Å². The lowest BCUT2D eigenvalue weighted by atomic mass is 9.78. The third kappa shape index (κ3) is 3.62. The van der Waals surface area contributed by atoms with Gasteiger partial charge in [-0.1, -0.05) is 36.6 Å². The number of halogens is 1. The van der Waals surface area contributed by atoms with Crippen LogP contribution in [0.4, 0.5) is 0 Å². The number of likely N-dealkylation sites (tertiary alicyclic amines) is 1. The van der Waals surface area contributed by atoms with E-state index in [1.807, 2.05) is 18.3 Å². The highest BCUT2D eigenvalue weighted by atomic mass is 35.5. The van der Waals surface area contributed by atoms with Gasteiger partial charge in [0, 0.05) is 46.9 Å². The van der Waals surface area contributed by atoms with E-state index in [1.54, 1.807) is 11.3 Å². The van der Waals surface area contributed by atoms with E-state index in [9.17, 15) is 4.79 Å². The predicted octanol–water partition coefficient (Wildman–Crippen LogP) is 6.59. The Labute approximate surface area is 181 Å². The molecule has 2 aromatic heterocycles. The molecule has 5 heteroatoms. The van der Waals surface area contributed by atoms with Gasteiger partial charge in [-0.05, 0) is 60.7 Å². The number of nitrogens with one attached hydrogen (secondary N) is 1. The molecule has 1 aliphatic carbocycles. The van der Waals surface area contributed by atoms with Crippen LogP contribution in [0.1, 0.15) is 61.3 Å². The van der Waals surface area contributed by atoms with Gasteiger partial charge in [-0.25, -0.2) is 0 Å². The second-order valence-electron chi connectivity index (χ2n) is 8.52. The molecule has 1 N–H and O–H groups in total. The second kappa shape index (κ2) is 8.16. The van der Waals surface area contributed by atoms with Crippen LogP contribution in [-0.4, -0.2) is 28.4 Å². The van der Waals surface area contributed by atoms with Crippen LogP contribution in [0.3, 0.4) is 0 Å². The number of carbonyl (C=O) groups excluding carboxylic acids is 1. The molecule has 0 spiro atoms. The van der Waals surface area contributed by atoms with Crippen molar-refractivity contribution in [1.29, 1.82) is 0 Å². The third-order valence-corrected chi connectivity index (χ3v) is 8.19. The fourth-order valence-corrected chi connectivity index (χ4v) is 6.65. The monoisotopic (exact) mass is 426 g/mol. The topological polar surface area (TPSA) is 36.1 Å². The number of H-pyrrole nitrogens is 1. The molecule has 1 aromatic carbocycles. The van der Waals surface area contributed by atoms with Crippen molar-refractivity contribution in [3.05, 3.63) is 57.4 Å². The minimum atomic E-state index is 0.0418. The smallest absolute Gasteiger partial charge is 0.223 e. The highest BCUT2D eigenvalue weighted by Crippen LogP contribution is 2.40. The average Bonchev–Trinajstić information content (AvgIpc) is 3.42. The molecule has 3 aromatic rings. The summed E-state index contributed by atoms with van der Waals surface area (Å²) in [6.45, 7) is 0.922. The van der Waals surface area contributed by atoms with Gasteiger partial charge in [-0.3, -0.25) is 4.79 Å². The number of carbonyl (C=O) groups is 1. The summed E-state index contributed by atoms with van der Waals surface area (Å²) in [5.74, 6) is 1.06. The molecular weight excluding hydrogens is 400 g/mol. The Hall–Kier alpha value is -1.78. The Morgan fingerprint density at radius 1 is 1.17 bits per heavy atom. The lowest BCUT2D eigenvalue weighted by Gasteiger charge is -2.44. The molecule has 3 atom stereocenters. The van der Waals surface area contributed by atoms with Gasteiger partial charge < -0.3 is 9.88 Å². The molecule has 1 saturated carbocycles. The van der Waals surface area contributed by atoms with Crippen LogP contribution < -0.4 is 0 Å². The second-order valence-corrected chi connectivity index (χ2v) is 9.91. The van der Waals surface area contributed by atoms with Crippen molar-refractivity contribution in [3.8, 4) is 0 Å². The Balaban J connectivity index is 1.47. The Bertz CT molecular complexity index is 994. The van der Waals surface area contributed by atoms with E-state index >= 15 is 0 Å². The predicted molar refractivity (Wildman–Crippen MR) is 121 cm³/mol. The Morgan fingerprint density at radius 2 is 2.03 bits per heavy atom. The molecule has 3 heterocycles. The van der Waals surface area contributed by atoms with E-state index in [0.29, 0.717) is 24.3 Å². The number of thiophene rings is 1. The van der Waals surface area contributed by atoms with Gasteiger partial charge in [0.25, 0.3) is 0 Å². The molecular formula is C24H27ClN2OS. The number of piperidine rings is 1. The van der Waals surface area contributed by atoms with E-state index in [0.717, 1.165) is 34.5 Å². The van der Waals surface area contributed by atoms with Crippen LogP contribution >= 0.6 is 22.9 Å². The first-order chi connectivity index (χ1) is 14.2. The quantitative estimate of drug-likeness (QED) is 0.502. The van der Waals surface area contributed by atoms with E-state index in [4.69, 9.17) is 11.6 Å². The number of aromatic nitrogens is 1. The molecule has 1 aliphatic heterocycles. The molecule has 1 saturated heterocycles. The molecule has 0 bridgehead atoms. The van der Waals surface area contributed by atoms with Gasteiger partial charge >= 0.3 is 0 Å².